The van der Waals surface area contributed by atoms with Crippen molar-refractivity contribution in [2.75, 3.05) is 0 Å². The predicted molar refractivity (Wildman–Crippen MR) is 228 cm³/mol. The fourth-order valence-electron chi connectivity index (χ4n) is 7.60. The van der Waals surface area contributed by atoms with E-state index >= 15 is 0 Å². The Morgan fingerprint density at radius 1 is 0.561 bits per heavy atom. The van der Waals surface area contributed by atoms with Gasteiger partial charge in [0.25, 0.3) is 0 Å². The summed E-state index contributed by atoms with van der Waals surface area (Å²) in [6.45, 7) is 9.18. The van der Waals surface area contributed by atoms with Crippen LogP contribution in [0.3, 0.4) is 0 Å². The quantitative estimate of drug-likeness (QED) is 0.132. The topological polar surface area (TPSA) is 63.3 Å². The molecule has 57 heavy (non-hydrogen) atoms. The number of nitrogens with zero attached hydrogens (tertiary/aromatic N) is 4. The second kappa shape index (κ2) is 15.2. The number of ether oxygens (including phenoxy) is 3. The van der Waals surface area contributed by atoms with E-state index in [4.69, 9.17) is 24.3 Å². The molecule has 0 amide bonds. The van der Waals surface area contributed by atoms with Crippen LogP contribution in [0.25, 0.3) is 44.4 Å². The number of aryl methyl sites for hydroxylation is 4. The molecule has 0 radical (unpaired) electrons. The first-order valence-electron chi connectivity index (χ1n) is 19.2. The molecular formula is C50H42N4O3. The van der Waals surface area contributed by atoms with Gasteiger partial charge in [-0.2, -0.15) is 5.10 Å². The molecule has 0 aliphatic rings. The van der Waals surface area contributed by atoms with E-state index in [0.717, 1.165) is 89.7 Å². The minimum absolute atomic E-state index is 0.427. The lowest BCUT2D eigenvalue weighted by Crippen LogP contribution is -2.04. The summed E-state index contributed by atoms with van der Waals surface area (Å²) in [5.41, 5.74) is 11.2. The molecule has 0 saturated heterocycles. The molecule has 9 aromatic rings. The molecule has 6 aromatic carbocycles. The van der Waals surface area contributed by atoms with Gasteiger partial charge < -0.3 is 14.2 Å². The highest BCUT2D eigenvalue weighted by molar-refractivity contribution is 6.09. The standard InChI is InChI=1S/C50H42N4O3/c1-33-21-22-51-47(25-33)54-45-18-12-11-17-43(45)44-20-19-41(28-46(44)54)57-42-24-34(2)23-40(27-42)53-30-39(29-52-53)48-49(55-31-37-13-7-5-8-14-37)35(3)26-36(4)50(48)56-32-38-15-9-6-10-16-38/h5-30H,31-32H2,1-4H3. The number of rotatable bonds is 11. The number of para-hydroxylation sites is 1. The Bertz CT molecular complexity index is 2810. The van der Waals surface area contributed by atoms with Crippen molar-refractivity contribution < 1.29 is 14.2 Å². The van der Waals surface area contributed by atoms with E-state index in [1.54, 1.807) is 0 Å². The van der Waals surface area contributed by atoms with Gasteiger partial charge >= 0.3 is 0 Å². The van der Waals surface area contributed by atoms with Crippen molar-refractivity contribution >= 4 is 21.8 Å². The molecule has 0 N–H and O–H groups in total. The number of fused-ring (bicyclic) bond motifs is 3. The molecule has 0 aliphatic heterocycles. The van der Waals surface area contributed by atoms with E-state index in [-0.39, 0.29) is 0 Å². The summed E-state index contributed by atoms with van der Waals surface area (Å²) in [5, 5.41) is 7.19. The molecule has 280 valence electrons. The van der Waals surface area contributed by atoms with Gasteiger partial charge in [0, 0.05) is 40.9 Å². The van der Waals surface area contributed by atoms with Crippen molar-refractivity contribution in [1.29, 1.82) is 0 Å². The van der Waals surface area contributed by atoms with Gasteiger partial charge in [-0.15, -0.1) is 0 Å². The molecule has 0 saturated carbocycles. The molecule has 0 unspecified atom stereocenters. The molecule has 9 rings (SSSR count). The van der Waals surface area contributed by atoms with Crippen LogP contribution in [0.2, 0.25) is 0 Å². The van der Waals surface area contributed by atoms with Crippen LogP contribution in [0.5, 0.6) is 23.0 Å². The summed E-state index contributed by atoms with van der Waals surface area (Å²) in [6.07, 6.45) is 5.78. The smallest absolute Gasteiger partial charge is 0.137 e. The van der Waals surface area contributed by atoms with Gasteiger partial charge in [-0.3, -0.25) is 4.57 Å². The third-order valence-corrected chi connectivity index (χ3v) is 10.2. The van der Waals surface area contributed by atoms with Crippen LogP contribution in [0.15, 0.2) is 158 Å². The maximum atomic E-state index is 6.63. The zero-order valence-corrected chi connectivity index (χ0v) is 32.4. The Balaban J connectivity index is 1.07. The minimum atomic E-state index is 0.427. The molecule has 0 aliphatic carbocycles. The largest absolute Gasteiger partial charge is 0.488 e. The lowest BCUT2D eigenvalue weighted by molar-refractivity contribution is 0.290. The highest BCUT2D eigenvalue weighted by atomic mass is 16.5. The van der Waals surface area contributed by atoms with E-state index in [9.17, 15) is 0 Å². The van der Waals surface area contributed by atoms with Gasteiger partial charge in [0.1, 0.15) is 42.0 Å². The number of benzene rings is 6. The summed E-state index contributed by atoms with van der Waals surface area (Å²) >= 11 is 0. The second-order valence-electron chi connectivity index (χ2n) is 14.6. The van der Waals surface area contributed by atoms with Crippen molar-refractivity contribution in [3.63, 3.8) is 0 Å². The first-order chi connectivity index (χ1) is 27.9. The highest BCUT2D eigenvalue weighted by Crippen LogP contribution is 2.44. The zero-order chi connectivity index (χ0) is 38.9. The van der Waals surface area contributed by atoms with Crippen molar-refractivity contribution in [2.45, 2.75) is 40.9 Å². The van der Waals surface area contributed by atoms with Crippen LogP contribution >= 0.6 is 0 Å². The summed E-state index contributed by atoms with van der Waals surface area (Å²) in [6, 6.07) is 47.6. The van der Waals surface area contributed by atoms with Crippen LogP contribution in [0.1, 0.15) is 33.4 Å². The van der Waals surface area contributed by atoms with E-state index in [1.165, 1.54) is 5.39 Å². The third kappa shape index (κ3) is 7.23. The summed E-state index contributed by atoms with van der Waals surface area (Å²) < 4.78 is 24.0. The Kier molecular flexibility index (Phi) is 9.48. The molecule has 0 atom stereocenters. The van der Waals surface area contributed by atoms with Crippen LogP contribution in [-0.4, -0.2) is 19.3 Å². The third-order valence-electron chi connectivity index (χ3n) is 10.2. The highest BCUT2D eigenvalue weighted by Gasteiger charge is 2.22. The summed E-state index contributed by atoms with van der Waals surface area (Å²) in [7, 11) is 0. The maximum absolute atomic E-state index is 6.63. The average molecular weight is 747 g/mol. The summed E-state index contributed by atoms with van der Waals surface area (Å²) in [5.74, 6) is 3.86. The first kappa shape index (κ1) is 35.6. The van der Waals surface area contributed by atoms with E-state index in [2.05, 4.69) is 111 Å². The van der Waals surface area contributed by atoms with Gasteiger partial charge in [0.2, 0.25) is 0 Å². The van der Waals surface area contributed by atoms with Crippen LogP contribution in [0, 0.1) is 27.7 Å². The number of pyridine rings is 1. The Morgan fingerprint density at radius 3 is 1.93 bits per heavy atom. The second-order valence-corrected chi connectivity index (χ2v) is 14.6. The van der Waals surface area contributed by atoms with Crippen molar-refractivity contribution in [1.82, 2.24) is 19.3 Å². The monoisotopic (exact) mass is 746 g/mol. The van der Waals surface area contributed by atoms with Gasteiger partial charge in [-0.05, 0) is 110 Å². The molecule has 3 heterocycles. The Hall–Kier alpha value is -7.12. The maximum Gasteiger partial charge on any atom is 0.137 e. The molecular weight excluding hydrogens is 705 g/mol. The van der Waals surface area contributed by atoms with Crippen LogP contribution in [-0.2, 0) is 13.2 Å². The van der Waals surface area contributed by atoms with E-state index < -0.39 is 0 Å². The minimum Gasteiger partial charge on any atom is -0.488 e. The van der Waals surface area contributed by atoms with Gasteiger partial charge in [0.15, 0.2) is 0 Å². The summed E-state index contributed by atoms with van der Waals surface area (Å²) in [4.78, 5) is 4.74. The molecule has 0 fully saturated rings. The SMILES string of the molecule is Cc1cc(Oc2ccc3c4ccccc4n(-c4cc(C)ccn4)c3c2)cc(-n2cc(-c3c(OCc4ccccc4)c(C)cc(C)c3OCc3ccccc3)cn2)c1. The van der Waals surface area contributed by atoms with Crippen molar-refractivity contribution in [3.05, 3.63) is 191 Å². The van der Waals surface area contributed by atoms with Gasteiger partial charge in [-0.1, -0.05) is 78.9 Å². The van der Waals surface area contributed by atoms with E-state index in [1.807, 2.05) is 83.9 Å². The van der Waals surface area contributed by atoms with Crippen LogP contribution in [0.4, 0.5) is 0 Å². The molecule has 3 aromatic heterocycles. The molecule has 0 bridgehead atoms. The first-order valence-corrected chi connectivity index (χ1v) is 19.2. The number of aromatic nitrogens is 4. The van der Waals surface area contributed by atoms with E-state index in [0.29, 0.717) is 19.0 Å². The lowest BCUT2D eigenvalue weighted by atomic mass is 9.99. The zero-order valence-electron chi connectivity index (χ0n) is 32.4. The number of hydrogen-bond acceptors (Lipinski definition) is 5. The van der Waals surface area contributed by atoms with Crippen molar-refractivity contribution in [2.24, 2.45) is 0 Å². The van der Waals surface area contributed by atoms with Gasteiger partial charge in [-0.25, -0.2) is 9.67 Å². The van der Waals surface area contributed by atoms with Crippen LogP contribution < -0.4 is 14.2 Å². The fourth-order valence-corrected chi connectivity index (χ4v) is 7.60. The Labute approximate surface area is 332 Å². The molecule has 7 heteroatoms. The van der Waals surface area contributed by atoms with Gasteiger partial charge in [0.05, 0.1) is 28.5 Å². The average Bonchev–Trinajstić information content (AvgIpc) is 3.84. The lowest BCUT2D eigenvalue weighted by Gasteiger charge is -2.20. The molecule has 7 nitrogen and oxygen atoms in total. The normalized spacial score (nSPS) is 11.3. The molecule has 0 spiro atoms. The predicted octanol–water partition coefficient (Wildman–Crippen LogP) is 12.2. The fraction of sp³-hybridized carbons (Fsp3) is 0.120. The number of hydrogen-bond donors (Lipinski definition) is 0. The Morgan fingerprint density at radius 2 is 1.23 bits per heavy atom. The van der Waals surface area contributed by atoms with Crippen molar-refractivity contribution in [3.8, 4) is 45.6 Å².